The molecule has 1 unspecified atom stereocenters. The minimum atomic E-state index is -4.51. The highest BCUT2D eigenvalue weighted by Gasteiger charge is 2.31. The number of nitrogens with two attached hydrogens (primary N) is 1. The molecule has 5 nitrogen and oxygen atoms in total. The Bertz CT molecular complexity index is 741. The highest BCUT2D eigenvalue weighted by Crippen LogP contribution is 2.32. The maximum Gasteiger partial charge on any atom is 0.417 e. The number of rotatable bonds is 7. The molecule has 140 valence electrons. The smallest absolute Gasteiger partial charge is 0.368 e. The Balaban J connectivity index is 1.76. The van der Waals surface area contributed by atoms with Crippen LogP contribution in [0.5, 0.6) is 0 Å². The summed E-state index contributed by atoms with van der Waals surface area (Å²) >= 11 is 5.78. The number of nitrogens with zero attached hydrogens (tertiary/aromatic N) is 1. The number of pyridine rings is 1. The van der Waals surface area contributed by atoms with Gasteiger partial charge in [-0.25, -0.2) is 4.98 Å². The van der Waals surface area contributed by atoms with Crippen molar-refractivity contribution in [3.8, 4) is 0 Å². The fraction of sp³-hybridized carbons (Fsp3) is 0.294. The average molecular weight is 387 g/mol. The van der Waals surface area contributed by atoms with E-state index < -0.39 is 11.7 Å². The van der Waals surface area contributed by atoms with Crippen molar-refractivity contribution >= 4 is 23.3 Å². The van der Waals surface area contributed by atoms with E-state index in [1.807, 2.05) is 30.3 Å². The summed E-state index contributed by atoms with van der Waals surface area (Å²) in [6.07, 6.45) is -3.72. The molecule has 4 N–H and O–H groups in total. The first-order chi connectivity index (χ1) is 12.3. The van der Waals surface area contributed by atoms with E-state index in [0.29, 0.717) is 6.20 Å². The topological polar surface area (TPSA) is 80.0 Å². The second-order valence-electron chi connectivity index (χ2n) is 5.55. The molecule has 0 radical (unpaired) electrons. The van der Waals surface area contributed by atoms with E-state index in [2.05, 4.69) is 15.6 Å². The van der Waals surface area contributed by atoms with E-state index in [0.717, 1.165) is 11.6 Å². The minimum absolute atomic E-state index is 0.0912. The maximum atomic E-state index is 12.5. The van der Waals surface area contributed by atoms with Crippen LogP contribution < -0.4 is 16.4 Å². The van der Waals surface area contributed by atoms with Crippen LogP contribution in [0.15, 0.2) is 42.6 Å². The van der Waals surface area contributed by atoms with Crippen LogP contribution in [0.3, 0.4) is 0 Å². The number of hydrogen-bond donors (Lipinski definition) is 3. The van der Waals surface area contributed by atoms with Crippen molar-refractivity contribution in [3.63, 3.8) is 0 Å². The van der Waals surface area contributed by atoms with E-state index in [9.17, 15) is 18.0 Å². The molecule has 0 aliphatic carbocycles. The number of amides is 1. The van der Waals surface area contributed by atoms with Crippen LogP contribution in [0.4, 0.5) is 19.0 Å². The fourth-order valence-corrected chi connectivity index (χ4v) is 2.38. The third-order valence-corrected chi connectivity index (χ3v) is 3.85. The molecule has 2 rings (SSSR count). The summed E-state index contributed by atoms with van der Waals surface area (Å²) in [6, 6.07) is 9.81. The fourth-order valence-electron chi connectivity index (χ4n) is 2.15. The maximum absolute atomic E-state index is 12.5. The first-order valence-corrected chi connectivity index (χ1v) is 8.19. The second kappa shape index (κ2) is 8.86. The van der Waals surface area contributed by atoms with Crippen molar-refractivity contribution in [1.82, 2.24) is 10.3 Å². The molecule has 1 heterocycles. The number of carbonyl (C=O) groups is 1. The van der Waals surface area contributed by atoms with Gasteiger partial charge in [0.05, 0.1) is 10.6 Å². The molecule has 9 heteroatoms. The molecule has 0 spiro atoms. The van der Waals surface area contributed by atoms with Gasteiger partial charge < -0.3 is 16.4 Å². The summed E-state index contributed by atoms with van der Waals surface area (Å²) in [4.78, 5) is 15.5. The molecule has 1 amide bonds. The predicted octanol–water partition coefficient (Wildman–Crippen LogP) is 3.37. The van der Waals surface area contributed by atoms with Gasteiger partial charge in [0, 0.05) is 31.7 Å². The SMILES string of the molecule is NC(CNC(=O)CCNc1ncc(C(F)(F)F)cc1Cl)c1ccccc1. The molecule has 0 fully saturated rings. The monoisotopic (exact) mass is 386 g/mol. The lowest BCUT2D eigenvalue weighted by molar-refractivity contribution is -0.137. The van der Waals surface area contributed by atoms with Gasteiger partial charge in [-0.05, 0) is 11.6 Å². The summed E-state index contributed by atoms with van der Waals surface area (Å²) in [5.41, 5.74) is 5.96. The number of carbonyl (C=O) groups excluding carboxylic acids is 1. The average Bonchev–Trinajstić information content (AvgIpc) is 2.61. The molecule has 0 bridgehead atoms. The predicted molar refractivity (Wildman–Crippen MR) is 93.7 cm³/mol. The zero-order chi connectivity index (χ0) is 19.2. The van der Waals surface area contributed by atoms with Gasteiger partial charge in [-0.1, -0.05) is 41.9 Å². The van der Waals surface area contributed by atoms with Gasteiger partial charge in [0.25, 0.3) is 0 Å². The zero-order valence-corrected chi connectivity index (χ0v) is 14.4. The largest absolute Gasteiger partial charge is 0.417 e. The van der Waals surface area contributed by atoms with E-state index in [4.69, 9.17) is 17.3 Å². The van der Waals surface area contributed by atoms with E-state index in [-0.39, 0.29) is 42.3 Å². The van der Waals surface area contributed by atoms with Gasteiger partial charge in [0.15, 0.2) is 0 Å². The Morgan fingerprint density at radius 1 is 1.27 bits per heavy atom. The van der Waals surface area contributed by atoms with Crippen molar-refractivity contribution in [2.45, 2.75) is 18.6 Å². The first-order valence-electron chi connectivity index (χ1n) is 7.81. The minimum Gasteiger partial charge on any atom is -0.368 e. The van der Waals surface area contributed by atoms with Crippen LogP contribution in [0.1, 0.15) is 23.6 Å². The molecule has 0 aliphatic heterocycles. The molecule has 1 aromatic carbocycles. The van der Waals surface area contributed by atoms with Crippen LogP contribution in [0.2, 0.25) is 5.02 Å². The van der Waals surface area contributed by atoms with Gasteiger partial charge in [-0.3, -0.25) is 4.79 Å². The summed E-state index contributed by atoms with van der Waals surface area (Å²) in [7, 11) is 0. The van der Waals surface area contributed by atoms with Crippen molar-refractivity contribution in [2.24, 2.45) is 5.73 Å². The lowest BCUT2D eigenvalue weighted by atomic mass is 10.1. The molecular weight excluding hydrogens is 369 g/mol. The number of anilines is 1. The summed E-state index contributed by atoms with van der Waals surface area (Å²) in [5, 5.41) is 5.28. The highest BCUT2D eigenvalue weighted by molar-refractivity contribution is 6.32. The molecular formula is C17H18ClF3N4O. The van der Waals surface area contributed by atoms with Crippen molar-refractivity contribution < 1.29 is 18.0 Å². The number of nitrogens with one attached hydrogen (secondary N) is 2. The number of benzene rings is 1. The van der Waals surface area contributed by atoms with Gasteiger partial charge in [-0.15, -0.1) is 0 Å². The lowest BCUT2D eigenvalue weighted by Crippen LogP contribution is -2.32. The van der Waals surface area contributed by atoms with Crippen LogP contribution in [0, 0.1) is 0 Å². The Labute approximate surface area is 153 Å². The number of alkyl halides is 3. The molecule has 2 aromatic rings. The molecule has 1 aromatic heterocycles. The van der Waals surface area contributed by atoms with Gasteiger partial charge in [0.1, 0.15) is 5.82 Å². The van der Waals surface area contributed by atoms with E-state index in [1.54, 1.807) is 0 Å². The Morgan fingerprint density at radius 3 is 2.58 bits per heavy atom. The van der Waals surface area contributed by atoms with Crippen LogP contribution >= 0.6 is 11.6 Å². The zero-order valence-electron chi connectivity index (χ0n) is 13.7. The van der Waals surface area contributed by atoms with Crippen molar-refractivity contribution in [1.29, 1.82) is 0 Å². The second-order valence-corrected chi connectivity index (χ2v) is 5.96. The van der Waals surface area contributed by atoms with Crippen molar-refractivity contribution in [2.75, 3.05) is 18.4 Å². The highest BCUT2D eigenvalue weighted by atomic mass is 35.5. The van der Waals surface area contributed by atoms with Crippen LogP contribution in [0.25, 0.3) is 0 Å². The molecule has 0 aliphatic rings. The Morgan fingerprint density at radius 2 is 1.96 bits per heavy atom. The van der Waals surface area contributed by atoms with Crippen LogP contribution in [-0.2, 0) is 11.0 Å². The number of halogens is 4. The third kappa shape index (κ3) is 5.89. The normalized spacial score (nSPS) is 12.5. The molecule has 0 saturated heterocycles. The quantitative estimate of drug-likeness (QED) is 0.681. The molecule has 1 atom stereocenters. The Hall–Kier alpha value is -2.32. The van der Waals surface area contributed by atoms with E-state index >= 15 is 0 Å². The summed E-state index contributed by atoms with van der Waals surface area (Å²) in [6.45, 7) is 0.451. The number of aromatic nitrogens is 1. The first kappa shape index (κ1) is 20.0. The Kier molecular flexibility index (Phi) is 6.82. The molecule has 0 saturated carbocycles. The van der Waals surface area contributed by atoms with Gasteiger partial charge in [-0.2, -0.15) is 13.2 Å². The van der Waals surface area contributed by atoms with Crippen LogP contribution in [-0.4, -0.2) is 24.0 Å². The van der Waals surface area contributed by atoms with Gasteiger partial charge in [0.2, 0.25) is 5.91 Å². The summed E-state index contributed by atoms with van der Waals surface area (Å²) in [5.74, 6) is -0.152. The lowest BCUT2D eigenvalue weighted by Gasteiger charge is -2.14. The molecule has 26 heavy (non-hydrogen) atoms. The third-order valence-electron chi connectivity index (χ3n) is 3.56. The standard InChI is InChI=1S/C17H18ClF3N4O/c18-13-8-12(17(19,20)21)9-25-16(13)23-7-6-15(26)24-10-14(22)11-4-2-1-3-5-11/h1-5,8-9,14H,6-7,10,22H2,(H,23,25)(H,24,26). The number of hydrogen-bond acceptors (Lipinski definition) is 4. The van der Waals surface area contributed by atoms with Gasteiger partial charge >= 0.3 is 6.18 Å². The van der Waals surface area contributed by atoms with Crippen molar-refractivity contribution in [3.05, 3.63) is 58.7 Å². The van der Waals surface area contributed by atoms with E-state index in [1.165, 1.54) is 0 Å². The summed E-state index contributed by atoms with van der Waals surface area (Å²) < 4.78 is 37.6.